The Kier molecular flexibility index (Phi) is 3.71. The summed E-state index contributed by atoms with van der Waals surface area (Å²) < 4.78 is 19.8. The summed E-state index contributed by atoms with van der Waals surface area (Å²) in [6.45, 7) is 2.14. The van der Waals surface area contributed by atoms with Crippen LogP contribution in [0.3, 0.4) is 0 Å². The number of hydrogen-bond donors (Lipinski definition) is 2. The number of halogens is 1. The molecule has 3 rings (SSSR count). The van der Waals surface area contributed by atoms with E-state index in [9.17, 15) is 9.18 Å². The van der Waals surface area contributed by atoms with Gasteiger partial charge >= 0.3 is 6.09 Å². The summed E-state index contributed by atoms with van der Waals surface area (Å²) in [5.74, 6) is 0.334. The maximum Gasteiger partial charge on any atom is 0.404 e. The molecule has 0 spiro atoms. The van der Waals surface area contributed by atoms with Gasteiger partial charge in [0.05, 0.1) is 6.54 Å². The van der Waals surface area contributed by atoms with Gasteiger partial charge in [-0.25, -0.2) is 9.18 Å². The van der Waals surface area contributed by atoms with E-state index in [0.29, 0.717) is 17.7 Å². The molecule has 0 saturated heterocycles. The van der Waals surface area contributed by atoms with Gasteiger partial charge < -0.3 is 15.2 Å². The number of carboxylic acid groups (broad SMARTS) is 1. The number of nitrogens with one attached hydrogen (secondary N) is 1. The standard InChI is InChI=1S/C17H16FNO3/c1-10-4-2-3-5-14(10)15-8-12(18)6-11-7-13(22-16(11)15)9-19-17(20)21/h2-6,8,13,19H,7,9H2,1H3,(H,20,21). The minimum atomic E-state index is -1.09. The second kappa shape index (κ2) is 5.67. The van der Waals surface area contributed by atoms with Crippen LogP contribution in [0.1, 0.15) is 11.1 Å². The van der Waals surface area contributed by atoms with Crippen LogP contribution >= 0.6 is 0 Å². The van der Waals surface area contributed by atoms with E-state index >= 15 is 0 Å². The van der Waals surface area contributed by atoms with Crippen LogP contribution in [0.2, 0.25) is 0 Å². The number of hydrogen-bond acceptors (Lipinski definition) is 2. The topological polar surface area (TPSA) is 58.6 Å². The third kappa shape index (κ3) is 2.74. The van der Waals surface area contributed by atoms with Crippen LogP contribution in [0.15, 0.2) is 36.4 Å². The smallest absolute Gasteiger partial charge is 0.404 e. The van der Waals surface area contributed by atoms with Crippen LogP contribution < -0.4 is 10.1 Å². The number of benzene rings is 2. The van der Waals surface area contributed by atoms with Gasteiger partial charge in [-0.2, -0.15) is 0 Å². The molecule has 1 aliphatic rings. The first-order chi connectivity index (χ1) is 10.5. The Bertz CT molecular complexity index is 730. The molecule has 0 saturated carbocycles. The van der Waals surface area contributed by atoms with E-state index < -0.39 is 6.09 Å². The van der Waals surface area contributed by atoms with E-state index in [0.717, 1.165) is 16.7 Å². The van der Waals surface area contributed by atoms with Crippen molar-refractivity contribution in [1.82, 2.24) is 5.32 Å². The van der Waals surface area contributed by atoms with E-state index in [1.807, 2.05) is 31.2 Å². The third-order valence-corrected chi connectivity index (χ3v) is 3.78. The number of aryl methyl sites for hydroxylation is 1. The van der Waals surface area contributed by atoms with Crippen LogP contribution in [-0.2, 0) is 6.42 Å². The molecule has 1 aliphatic heterocycles. The summed E-state index contributed by atoms with van der Waals surface area (Å²) in [4.78, 5) is 10.6. The molecule has 5 heteroatoms. The van der Waals surface area contributed by atoms with Crippen molar-refractivity contribution < 1.29 is 19.0 Å². The van der Waals surface area contributed by atoms with Crippen molar-refractivity contribution in [2.75, 3.05) is 6.54 Å². The van der Waals surface area contributed by atoms with E-state index in [4.69, 9.17) is 9.84 Å². The zero-order chi connectivity index (χ0) is 15.7. The number of amides is 1. The highest BCUT2D eigenvalue weighted by Gasteiger charge is 2.27. The molecule has 1 heterocycles. The molecule has 2 N–H and O–H groups in total. The summed E-state index contributed by atoms with van der Waals surface area (Å²) in [6, 6.07) is 10.6. The van der Waals surface area contributed by atoms with Crippen LogP contribution in [0, 0.1) is 12.7 Å². The fourth-order valence-corrected chi connectivity index (χ4v) is 2.78. The molecule has 0 aromatic heterocycles. The summed E-state index contributed by atoms with van der Waals surface area (Å²) in [5.41, 5.74) is 3.44. The highest BCUT2D eigenvalue weighted by molar-refractivity contribution is 5.75. The quantitative estimate of drug-likeness (QED) is 0.914. The molecule has 22 heavy (non-hydrogen) atoms. The van der Waals surface area contributed by atoms with Gasteiger partial charge in [-0.05, 0) is 30.2 Å². The average Bonchev–Trinajstić information content (AvgIpc) is 2.87. The van der Waals surface area contributed by atoms with Gasteiger partial charge in [-0.15, -0.1) is 0 Å². The molecule has 1 amide bonds. The van der Waals surface area contributed by atoms with Crippen molar-refractivity contribution in [2.45, 2.75) is 19.4 Å². The minimum Gasteiger partial charge on any atom is -0.487 e. The molecule has 1 unspecified atom stereocenters. The Morgan fingerprint density at radius 1 is 1.36 bits per heavy atom. The summed E-state index contributed by atoms with van der Waals surface area (Å²) in [5, 5.41) is 11.0. The molecule has 0 bridgehead atoms. The molecule has 0 aliphatic carbocycles. The molecule has 114 valence electrons. The normalized spacial score (nSPS) is 16.0. The summed E-state index contributed by atoms with van der Waals surface area (Å²) in [6.07, 6.45) is -0.910. The van der Waals surface area contributed by atoms with E-state index in [-0.39, 0.29) is 18.5 Å². The van der Waals surface area contributed by atoms with Crippen LogP contribution in [0.4, 0.5) is 9.18 Å². The van der Waals surface area contributed by atoms with Crippen LogP contribution in [0.25, 0.3) is 11.1 Å². The van der Waals surface area contributed by atoms with Gasteiger partial charge in [0.25, 0.3) is 0 Å². The van der Waals surface area contributed by atoms with Crippen molar-refractivity contribution >= 4 is 6.09 Å². The van der Waals surface area contributed by atoms with Gasteiger partial charge in [-0.3, -0.25) is 0 Å². The zero-order valence-corrected chi connectivity index (χ0v) is 12.1. The Balaban J connectivity index is 1.96. The SMILES string of the molecule is Cc1ccccc1-c1cc(F)cc2c1OC(CNC(=O)O)C2. The first-order valence-electron chi connectivity index (χ1n) is 7.06. The maximum atomic E-state index is 13.9. The summed E-state index contributed by atoms with van der Waals surface area (Å²) >= 11 is 0. The first kappa shape index (κ1) is 14.4. The summed E-state index contributed by atoms with van der Waals surface area (Å²) in [7, 11) is 0. The second-order valence-electron chi connectivity index (χ2n) is 5.39. The fourth-order valence-electron chi connectivity index (χ4n) is 2.78. The van der Waals surface area contributed by atoms with Crippen LogP contribution in [-0.4, -0.2) is 23.8 Å². The van der Waals surface area contributed by atoms with Gasteiger partial charge in [-0.1, -0.05) is 24.3 Å². The fraction of sp³-hybridized carbons (Fsp3) is 0.235. The number of ether oxygens (including phenoxy) is 1. The zero-order valence-electron chi connectivity index (χ0n) is 12.1. The highest BCUT2D eigenvalue weighted by Crippen LogP contribution is 2.40. The van der Waals surface area contributed by atoms with E-state index in [2.05, 4.69) is 5.32 Å². The lowest BCUT2D eigenvalue weighted by molar-refractivity contribution is 0.181. The molecule has 0 radical (unpaired) electrons. The molecule has 1 atom stereocenters. The van der Waals surface area contributed by atoms with E-state index in [1.54, 1.807) is 0 Å². The van der Waals surface area contributed by atoms with Crippen molar-refractivity contribution in [1.29, 1.82) is 0 Å². The Hall–Kier alpha value is -2.56. The van der Waals surface area contributed by atoms with Crippen molar-refractivity contribution in [3.05, 3.63) is 53.3 Å². The van der Waals surface area contributed by atoms with Crippen LogP contribution in [0.5, 0.6) is 5.75 Å². The highest BCUT2D eigenvalue weighted by atomic mass is 19.1. The molecule has 2 aromatic rings. The second-order valence-corrected chi connectivity index (χ2v) is 5.39. The number of rotatable bonds is 3. The molecule has 0 fully saturated rings. The van der Waals surface area contributed by atoms with Crippen molar-refractivity contribution in [3.63, 3.8) is 0 Å². The molecule has 4 nitrogen and oxygen atoms in total. The third-order valence-electron chi connectivity index (χ3n) is 3.78. The minimum absolute atomic E-state index is 0.179. The lowest BCUT2D eigenvalue weighted by atomic mass is 9.97. The predicted molar refractivity (Wildman–Crippen MR) is 80.7 cm³/mol. The Morgan fingerprint density at radius 2 is 2.14 bits per heavy atom. The van der Waals surface area contributed by atoms with Gasteiger partial charge in [0, 0.05) is 17.5 Å². The van der Waals surface area contributed by atoms with Gasteiger partial charge in [0.1, 0.15) is 17.7 Å². The largest absolute Gasteiger partial charge is 0.487 e. The van der Waals surface area contributed by atoms with E-state index in [1.165, 1.54) is 12.1 Å². The lowest BCUT2D eigenvalue weighted by Crippen LogP contribution is -2.33. The maximum absolute atomic E-state index is 13.9. The monoisotopic (exact) mass is 301 g/mol. The average molecular weight is 301 g/mol. The molecular weight excluding hydrogens is 285 g/mol. The molecule has 2 aromatic carbocycles. The number of carbonyl (C=O) groups is 1. The van der Waals surface area contributed by atoms with Gasteiger partial charge in [0.2, 0.25) is 0 Å². The number of fused-ring (bicyclic) bond motifs is 1. The van der Waals surface area contributed by atoms with Gasteiger partial charge in [0.15, 0.2) is 0 Å². The van der Waals surface area contributed by atoms with Crippen molar-refractivity contribution in [2.24, 2.45) is 0 Å². The first-order valence-corrected chi connectivity index (χ1v) is 7.06. The Labute approximate surface area is 127 Å². The Morgan fingerprint density at radius 3 is 2.86 bits per heavy atom. The molecular formula is C17H16FNO3. The van der Waals surface area contributed by atoms with Crippen molar-refractivity contribution in [3.8, 4) is 16.9 Å². The predicted octanol–water partition coefficient (Wildman–Crippen LogP) is 3.37. The lowest BCUT2D eigenvalue weighted by Gasteiger charge is -2.14.